The largest absolute Gasteiger partial charge is 0.347 e. The van der Waals surface area contributed by atoms with Crippen molar-refractivity contribution in [3.8, 4) is 0 Å². The third-order valence-corrected chi connectivity index (χ3v) is 6.31. The third-order valence-electron chi connectivity index (χ3n) is 5.17. The molecular weight excluding hydrogens is 322 g/mol. The molecule has 2 aliphatic rings. The first-order valence-electron chi connectivity index (χ1n) is 9.00. The van der Waals surface area contributed by atoms with Crippen LogP contribution in [0.25, 0.3) is 0 Å². The monoisotopic (exact) mass is 351 g/mol. The molecule has 2 saturated heterocycles. The maximum absolute atomic E-state index is 13.0. The standard InChI is InChI=1S/C17H29N5OS/c1-24-15-4-10-21(11-5-15)13-17(23)22(12-16-19-8-9-20-16)14-2-6-18-7-3-14/h8-9,14-15,18H,2-7,10-13H2,1H3,(H,19,20). The molecule has 3 heterocycles. The van der Waals surface area contributed by atoms with Crippen LogP contribution in [0.15, 0.2) is 12.4 Å². The van der Waals surface area contributed by atoms with Gasteiger partial charge in [-0.1, -0.05) is 0 Å². The Hall–Kier alpha value is -1.05. The molecule has 0 aliphatic carbocycles. The minimum Gasteiger partial charge on any atom is -0.347 e. The van der Waals surface area contributed by atoms with Crippen molar-refractivity contribution in [1.29, 1.82) is 0 Å². The molecule has 0 unspecified atom stereocenters. The molecule has 1 aromatic heterocycles. The van der Waals surface area contributed by atoms with E-state index >= 15 is 0 Å². The first-order chi connectivity index (χ1) is 11.8. The van der Waals surface area contributed by atoms with Crippen molar-refractivity contribution in [3.05, 3.63) is 18.2 Å². The van der Waals surface area contributed by atoms with E-state index in [1.807, 2.05) is 18.0 Å². The summed E-state index contributed by atoms with van der Waals surface area (Å²) < 4.78 is 0. The Bertz CT molecular complexity index is 495. The summed E-state index contributed by atoms with van der Waals surface area (Å²) in [4.78, 5) is 24.8. The average Bonchev–Trinajstić information content (AvgIpc) is 3.14. The molecular formula is C17H29N5OS. The maximum Gasteiger partial charge on any atom is 0.237 e. The Morgan fingerprint density at radius 2 is 2.08 bits per heavy atom. The molecule has 0 bridgehead atoms. The van der Waals surface area contributed by atoms with E-state index in [2.05, 4.69) is 31.3 Å². The van der Waals surface area contributed by atoms with E-state index < -0.39 is 0 Å². The van der Waals surface area contributed by atoms with Crippen molar-refractivity contribution in [2.24, 2.45) is 0 Å². The Balaban J connectivity index is 1.60. The summed E-state index contributed by atoms with van der Waals surface area (Å²) in [6, 6.07) is 0.326. The van der Waals surface area contributed by atoms with Crippen LogP contribution in [0.5, 0.6) is 0 Å². The van der Waals surface area contributed by atoms with Crippen LogP contribution in [0.4, 0.5) is 0 Å². The number of hydrogen-bond acceptors (Lipinski definition) is 5. The zero-order valence-electron chi connectivity index (χ0n) is 14.5. The highest BCUT2D eigenvalue weighted by molar-refractivity contribution is 7.99. The number of hydrogen-bond donors (Lipinski definition) is 2. The van der Waals surface area contributed by atoms with Crippen LogP contribution in [0.3, 0.4) is 0 Å². The van der Waals surface area contributed by atoms with Crippen LogP contribution in [0, 0.1) is 0 Å². The summed E-state index contributed by atoms with van der Waals surface area (Å²) in [6.07, 6.45) is 10.2. The van der Waals surface area contributed by atoms with Gasteiger partial charge in [-0.25, -0.2) is 4.98 Å². The van der Waals surface area contributed by atoms with Crippen LogP contribution in [-0.4, -0.2) is 75.9 Å². The third kappa shape index (κ3) is 4.74. The summed E-state index contributed by atoms with van der Waals surface area (Å²) in [5.74, 6) is 1.13. The number of amides is 1. The summed E-state index contributed by atoms with van der Waals surface area (Å²) in [7, 11) is 0. The quantitative estimate of drug-likeness (QED) is 0.809. The molecule has 0 saturated carbocycles. The lowest BCUT2D eigenvalue weighted by atomic mass is 10.0. The number of aromatic nitrogens is 2. The van der Waals surface area contributed by atoms with Gasteiger partial charge in [0.25, 0.3) is 0 Å². The predicted octanol–water partition coefficient (Wildman–Crippen LogP) is 1.32. The summed E-state index contributed by atoms with van der Waals surface area (Å²) >= 11 is 1.96. The van der Waals surface area contributed by atoms with E-state index in [-0.39, 0.29) is 5.91 Å². The van der Waals surface area contributed by atoms with Gasteiger partial charge in [0.1, 0.15) is 5.82 Å². The normalized spacial score (nSPS) is 21.0. The van der Waals surface area contributed by atoms with Gasteiger partial charge in [0.2, 0.25) is 5.91 Å². The summed E-state index contributed by atoms with van der Waals surface area (Å²) in [5, 5.41) is 4.15. The van der Waals surface area contributed by atoms with Gasteiger partial charge in [0.05, 0.1) is 13.1 Å². The lowest BCUT2D eigenvalue weighted by Crippen LogP contribution is -2.50. The topological polar surface area (TPSA) is 64.3 Å². The number of aromatic amines is 1. The molecule has 0 aromatic carbocycles. The molecule has 7 heteroatoms. The maximum atomic E-state index is 13.0. The van der Waals surface area contributed by atoms with Crippen LogP contribution < -0.4 is 5.32 Å². The second-order valence-corrected chi connectivity index (χ2v) is 7.89. The highest BCUT2D eigenvalue weighted by Gasteiger charge is 2.28. The zero-order valence-corrected chi connectivity index (χ0v) is 15.4. The van der Waals surface area contributed by atoms with Crippen LogP contribution in [0.1, 0.15) is 31.5 Å². The lowest BCUT2D eigenvalue weighted by molar-refractivity contribution is -0.136. The number of rotatable bonds is 6. The highest BCUT2D eigenvalue weighted by atomic mass is 32.2. The first kappa shape index (κ1) is 17.8. The molecule has 1 amide bonds. The van der Waals surface area contributed by atoms with E-state index in [0.29, 0.717) is 19.1 Å². The number of likely N-dealkylation sites (tertiary alicyclic amines) is 1. The van der Waals surface area contributed by atoms with Gasteiger partial charge < -0.3 is 15.2 Å². The molecule has 0 atom stereocenters. The van der Waals surface area contributed by atoms with Crippen molar-refractivity contribution in [2.75, 3.05) is 39.0 Å². The Morgan fingerprint density at radius 1 is 1.33 bits per heavy atom. The Morgan fingerprint density at radius 3 is 2.71 bits per heavy atom. The lowest BCUT2D eigenvalue weighted by Gasteiger charge is -2.37. The number of carbonyl (C=O) groups is 1. The molecule has 0 radical (unpaired) electrons. The summed E-state index contributed by atoms with van der Waals surface area (Å²) in [5.41, 5.74) is 0. The van der Waals surface area contributed by atoms with Gasteiger partial charge in [0, 0.05) is 23.7 Å². The van der Waals surface area contributed by atoms with Crippen molar-refractivity contribution in [3.63, 3.8) is 0 Å². The fraction of sp³-hybridized carbons (Fsp3) is 0.765. The number of nitrogens with zero attached hydrogens (tertiary/aromatic N) is 3. The van der Waals surface area contributed by atoms with E-state index in [1.165, 1.54) is 12.8 Å². The number of piperidine rings is 2. The van der Waals surface area contributed by atoms with Crippen LogP contribution in [-0.2, 0) is 11.3 Å². The van der Waals surface area contributed by atoms with Crippen molar-refractivity contribution >= 4 is 17.7 Å². The van der Waals surface area contributed by atoms with Gasteiger partial charge in [0.15, 0.2) is 0 Å². The SMILES string of the molecule is CSC1CCN(CC(=O)N(Cc2ncc[nH]2)C2CCNCC2)CC1. The first-order valence-corrected chi connectivity index (χ1v) is 10.3. The average molecular weight is 352 g/mol. The molecule has 2 fully saturated rings. The molecule has 134 valence electrons. The molecule has 6 nitrogen and oxygen atoms in total. The minimum atomic E-state index is 0.251. The zero-order chi connectivity index (χ0) is 16.8. The van der Waals surface area contributed by atoms with Gasteiger partial charge in [-0.05, 0) is 58.1 Å². The second kappa shape index (κ2) is 8.87. The molecule has 3 rings (SSSR count). The minimum absolute atomic E-state index is 0.251. The van der Waals surface area contributed by atoms with Gasteiger partial charge >= 0.3 is 0 Å². The molecule has 1 aromatic rings. The molecule has 2 aliphatic heterocycles. The van der Waals surface area contributed by atoms with Gasteiger partial charge in [-0.15, -0.1) is 0 Å². The number of thioether (sulfide) groups is 1. The van der Waals surface area contributed by atoms with Gasteiger partial charge in [-0.3, -0.25) is 9.69 Å². The van der Waals surface area contributed by atoms with E-state index in [9.17, 15) is 4.79 Å². The molecule has 0 spiro atoms. The number of imidazole rings is 1. The van der Waals surface area contributed by atoms with E-state index in [4.69, 9.17) is 0 Å². The van der Waals surface area contributed by atoms with Crippen molar-refractivity contribution in [1.82, 2.24) is 25.1 Å². The highest BCUT2D eigenvalue weighted by Crippen LogP contribution is 2.21. The molecule has 24 heavy (non-hydrogen) atoms. The van der Waals surface area contributed by atoms with Gasteiger partial charge in [-0.2, -0.15) is 11.8 Å². The second-order valence-electron chi connectivity index (χ2n) is 6.75. The van der Waals surface area contributed by atoms with E-state index in [0.717, 1.165) is 50.1 Å². The van der Waals surface area contributed by atoms with Crippen LogP contribution in [0.2, 0.25) is 0 Å². The Kier molecular flexibility index (Phi) is 6.57. The van der Waals surface area contributed by atoms with E-state index in [1.54, 1.807) is 6.20 Å². The summed E-state index contributed by atoms with van der Waals surface area (Å²) in [6.45, 7) is 5.21. The Labute approximate surface area is 148 Å². The fourth-order valence-electron chi connectivity index (χ4n) is 3.67. The fourth-order valence-corrected chi connectivity index (χ4v) is 4.35. The smallest absolute Gasteiger partial charge is 0.237 e. The number of nitrogens with one attached hydrogen (secondary N) is 2. The predicted molar refractivity (Wildman–Crippen MR) is 98.0 cm³/mol. The van der Waals surface area contributed by atoms with Crippen molar-refractivity contribution < 1.29 is 4.79 Å². The molecule has 2 N–H and O–H groups in total. The number of carbonyl (C=O) groups excluding carboxylic acids is 1. The van der Waals surface area contributed by atoms with Crippen molar-refractivity contribution in [2.45, 2.75) is 43.5 Å². The number of H-pyrrole nitrogens is 1. The van der Waals surface area contributed by atoms with Crippen LogP contribution >= 0.6 is 11.8 Å².